The first kappa shape index (κ1) is 18.7. The lowest BCUT2D eigenvalue weighted by Gasteiger charge is -2.05. The van der Waals surface area contributed by atoms with Crippen molar-refractivity contribution in [2.45, 2.75) is 6.92 Å². The molecule has 0 aliphatic carbocycles. The summed E-state index contributed by atoms with van der Waals surface area (Å²) in [5.74, 6) is -1.59. The lowest BCUT2D eigenvalue weighted by atomic mass is 10.1. The van der Waals surface area contributed by atoms with Gasteiger partial charge in [0.1, 0.15) is 5.82 Å². The van der Waals surface area contributed by atoms with E-state index in [2.05, 4.69) is 15.8 Å². The van der Waals surface area contributed by atoms with Crippen LogP contribution in [-0.4, -0.2) is 29.5 Å². The standard InChI is InChI=1S/C17H15FN4O4/c1-11-2-5-13(8-15(11)22(25)26)17(24)19-10-16(23)21-20-9-12-3-6-14(18)7-4-12/h2-9H,10H2,1H3,(H,19,24)(H,21,23)/b20-9-. The molecule has 0 fully saturated rings. The number of amides is 2. The SMILES string of the molecule is Cc1ccc(C(=O)NCC(=O)N/N=C\c2ccc(F)cc2)cc1[N+](=O)[O-]. The Hall–Kier alpha value is -3.62. The summed E-state index contributed by atoms with van der Waals surface area (Å²) in [5, 5.41) is 16.9. The minimum atomic E-state index is -0.620. The number of benzene rings is 2. The van der Waals surface area contributed by atoms with Gasteiger partial charge in [-0.15, -0.1) is 0 Å². The van der Waals surface area contributed by atoms with Gasteiger partial charge >= 0.3 is 0 Å². The molecule has 2 aromatic rings. The molecular formula is C17H15FN4O4. The summed E-state index contributed by atoms with van der Waals surface area (Å²) in [6, 6.07) is 9.51. The summed E-state index contributed by atoms with van der Waals surface area (Å²) >= 11 is 0. The molecule has 0 heterocycles. The minimum absolute atomic E-state index is 0.0740. The van der Waals surface area contributed by atoms with Crippen molar-refractivity contribution in [3.63, 3.8) is 0 Å². The second kappa shape index (κ2) is 8.47. The summed E-state index contributed by atoms with van der Waals surface area (Å²) in [7, 11) is 0. The molecule has 0 aromatic heterocycles. The number of nitrogens with zero attached hydrogens (tertiary/aromatic N) is 2. The highest BCUT2D eigenvalue weighted by molar-refractivity contribution is 5.97. The highest BCUT2D eigenvalue weighted by Crippen LogP contribution is 2.19. The summed E-state index contributed by atoms with van der Waals surface area (Å²) in [6.45, 7) is 1.20. The third-order valence-corrected chi connectivity index (χ3v) is 3.35. The highest BCUT2D eigenvalue weighted by Gasteiger charge is 2.15. The van der Waals surface area contributed by atoms with Crippen LogP contribution >= 0.6 is 0 Å². The van der Waals surface area contributed by atoms with E-state index in [4.69, 9.17) is 0 Å². The molecule has 0 radical (unpaired) electrons. The number of nitrogens with one attached hydrogen (secondary N) is 2. The number of rotatable bonds is 6. The van der Waals surface area contributed by atoms with Crippen LogP contribution in [0.25, 0.3) is 0 Å². The number of hydrogen-bond acceptors (Lipinski definition) is 5. The van der Waals surface area contributed by atoms with Crippen molar-refractivity contribution in [1.82, 2.24) is 10.7 Å². The van der Waals surface area contributed by atoms with Gasteiger partial charge in [-0.2, -0.15) is 5.10 Å². The van der Waals surface area contributed by atoms with E-state index in [9.17, 15) is 24.1 Å². The molecule has 134 valence electrons. The number of halogens is 1. The van der Waals surface area contributed by atoms with Crippen molar-refractivity contribution in [2.75, 3.05) is 6.54 Å². The number of hydrogen-bond donors (Lipinski definition) is 2. The molecular weight excluding hydrogens is 343 g/mol. The normalized spacial score (nSPS) is 10.5. The van der Waals surface area contributed by atoms with E-state index < -0.39 is 16.7 Å². The maximum Gasteiger partial charge on any atom is 0.273 e. The van der Waals surface area contributed by atoms with E-state index in [1.807, 2.05) is 0 Å². The molecule has 0 aliphatic heterocycles. The van der Waals surface area contributed by atoms with Gasteiger partial charge in [0, 0.05) is 17.2 Å². The number of nitro benzene ring substituents is 1. The Morgan fingerprint density at radius 3 is 2.58 bits per heavy atom. The predicted octanol–water partition coefficient (Wildman–Crippen LogP) is 1.92. The first-order chi connectivity index (χ1) is 12.4. The fourth-order valence-electron chi connectivity index (χ4n) is 1.98. The Morgan fingerprint density at radius 1 is 1.23 bits per heavy atom. The summed E-state index contributed by atoms with van der Waals surface area (Å²) < 4.78 is 12.8. The summed E-state index contributed by atoms with van der Waals surface area (Å²) in [5.41, 5.74) is 3.12. The largest absolute Gasteiger partial charge is 0.343 e. The molecule has 0 spiro atoms. The monoisotopic (exact) mass is 358 g/mol. The third-order valence-electron chi connectivity index (χ3n) is 3.35. The van der Waals surface area contributed by atoms with E-state index >= 15 is 0 Å². The van der Waals surface area contributed by atoms with E-state index in [-0.39, 0.29) is 23.6 Å². The number of hydrazone groups is 1. The van der Waals surface area contributed by atoms with Gasteiger partial charge in [0.15, 0.2) is 0 Å². The Labute approximate surface area is 147 Å². The van der Waals surface area contributed by atoms with E-state index in [0.717, 1.165) is 6.07 Å². The van der Waals surface area contributed by atoms with Gasteiger partial charge in [-0.3, -0.25) is 19.7 Å². The number of carbonyl (C=O) groups is 2. The van der Waals surface area contributed by atoms with Gasteiger partial charge in [0.2, 0.25) is 0 Å². The fraction of sp³-hybridized carbons (Fsp3) is 0.118. The van der Waals surface area contributed by atoms with Crippen LogP contribution in [0.4, 0.5) is 10.1 Å². The molecule has 0 unspecified atom stereocenters. The van der Waals surface area contributed by atoms with Crippen molar-refractivity contribution in [3.8, 4) is 0 Å². The Bertz CT molecular complexity index is 866. The van der Waals surface area contributed by atoms with E-state index in [1.54, 1.807) is 6.92 Å². The first-order valence-corrected chi connectivity index (χ1v) is 7.47. The Kier molecular flexibility index (Phi) is 6.10. The van der Waals surface area contributed by atoms with E-state index in [1.165, 1.54) is 42.6 Å². The zero-order chi connectivity index (χ0) is 19.1. The van der Waals surface area contributed by atoms with Gasteiger partial charge in [-0.05, 0) is 30.7 Å². The van der Waals surface area contributed by atoms with Crippen LogP contribution in [0.15, 0.2) is 47.6 Å². The number of nitro groups is 1. The minimum Gasteiger partial charge on any atom is -0.343 e. The zero-order valence-electron chi connectivity index (χ0n) is 13.7. The van der Waals surface area contributed by atoms with Crippen LogP contribution in [0, 0.1) is 22.9 Å². The lowest BCUT2D eigenvalue weighted by molar-refractivity contribution is -0.385. The second-order valence-corrected chi connectivity index (χ2v) is 5.29. The zero-order valence-corrected chi connectivity index (χ0v) is 13.7. The third kappa shape index (κ3) is 5.20. The molecule has 0 saturated carbocycles. The van der Waals surface area contributed by atoms with E-state index in [0.29, 0.717) is 11.1 Å². The second-order valence-electron chi connectivity index (χ2n) is 5.29. The molecule has 26 heavy (non-hydrogen) atoms. The predicted molar refractivity (Wildman–Crippen MR) is 92.3 cm³/mol. The summed E-state index contributed by atoms with van der Waals surface area (Å²) in [6.07, 6.45) is 1.32. The maximum absolute atomic E-state index is 12.8. The maximum atomic E-state index is 12.8. The molecule has 2 aromatic carbocycles. The molecule has 2 N–H and O–H groups in total. The smallest absolute Gasteiger partial charge is 0.273 e. The van der Waals surface area contributed by atoms with Gasteiger partial charge in [0.25, 0.3) is 17.5 Å². The first-order valence-electron chi connectivity index (χ1n) is 7.47. The van der Waals surface area contributed by atoms with Crippen LogP contribution in [0.1, 0.15) is 21.5 Å². The topological polar surface area (TPSA) is 114 Å². The number of carbonyl (C=O) groups excluding carboxylic acids is 2. The lowest BCUT2D eigenvalue weighted by Crippen LogP contribution is -2.34. The molecule has 2 amide bonds. The molecule has 8 nitrogen and oxygen atoms in total. The van der Waals surface area contributed by atoms with Crippen molar-refractivity contribution in [1.29, 1.82) is 0 Å². The van der Waals surface area contributed by atoms with Crippen LogP contribution < -0.4 is 10.7 Å². The molecule has 0 bridgehead atoms. The van der Waals surface area contributed by atoms with Crippen molar-refractivity contribution in [2.24, 2.45) is 5.10 Å². The van der Waals surface area contributed by atoms with Crippen LogP contribution in [-0.2, 0) is 4.79 Å². The number of aryl methyl sites for hydroxylation is 1. The Balaban J connectivity index is 1.87. The van der Waals surface area contributed by atoms with Crippen molar-refractivity contribution in [3.05, 3.63) is 75.1 Å². The van der Waals surface area contributed by atoms with Gasteiger partial charge in [-0.1, -0.05) is 18.2 Å². The fourth-order valence-corrected chi connectivity index (χ4v) is 1.98. The van der Waals surface area contributed by atoms with Crippen molar-refractivity contribution >= 4 is 23.7 Å². The Morgan fingerprint density at radius 2 is 1.92 bits per heavy atom. The van der Waals surface area contributed by atoms with Gasteiger partial charge in [-0.25, -0.2) is 9.82 Å². The van der Waals surface area contributed by atoms with Crippen LogP contribution in [0.3, 0.4) is 0 Å². The van der Waals surface area contributed by atoms with Crippen molar-refractivity contribution < 1.29 is 18.9 Å². The quantitative estimate of drug-likeness (QED) is 0.466. The molecule has 9 heteroatoms. The highest BCUT2D eigenvalue weighted by atomic mass is 19.1. The average molecular weight is 358 g/mol. The van der Waals surface area contributed by atoms with Crippen LogP contribution in [0.2, 0.25) is 0 Å². The molecule has 0 saturated heterocycles. The van der Waals surface area contributed by atoms with Gasteiger partial charge in [0.05, 0.1) is 17.7 Å². The molecule has 2 rings (SSSR count). The molecule has 0 aliphatic rings. The van der Waals surface area contributed by atoms with Gasteiger partial charge < -0.3 is 5.32 Å². The molecule has 0 atom stereocenters. The van der Waals surface area contributed by atoms with Crippen LogP contribution in [0.5, 0.6) is 0 Å². The summed E-state index contributed by atoms with van der Waals surface area (Å²) in [4.78, 5) is 33.9. The average Bonchev–Trinajstić information content (AvgIpc) is 2.61.